The molecule has 2 saturated carbocycles. The van der Waals surface area contributed by atoms with Gasteiger partial charge in [0.25, 0.3) is 0 Å². The third-order valence-corrected chi connectivity index (χ3v) is 7.92. The summed E-state index contributed by atoms with van der Waals surface area (Å²) in [5.41, 5.74) is 2.35. The Hall–Kier alpha value is 0.0400. The van der Waals surface area contributed by atoms with Crippen LogP contribution in [-0.2, 0) is 0 Å². The largest absolute Gasteiger partial charge is 0.293 e. The molecule has 2 nitrogen and oxygen atoms in total. The van der Waals surface area contributed by atoms with Crippen LogP contribution in [0.3, 0.4) is 0 Å². The molecule has 0 amide bonds. The molecule has 0 unspecified atom stereocenters. The van der Waals surface area contributed by atoms with Gasteiger partial charge in [-0.1, -0.05) is 44.3 Å². The third kappa shape index (κ3) is 2.29. The molecule has 0 spiro atoms. The first-order valence-electron chi connectivity index (χ1n) is 7.38. The summed E-state index contributed by atoms with van der Waals surface area (Å²) < 4.78 is 1.28. The molecule has 2 aliphatic carbocycles. The van der Waals surface area contributed by atoms with Crippen molar-refractivity contribution in [2.24, 2.45) is 26.7 Å². The molecule has 0 saturated heterocycles. The molecule has 2 fully saturated rings. The van der Waals surface area contributed by atoms with E-state index in [0.717, 1.165) is 24.8 Å². The van der Waals surface area contributed by atoms with Crippen LogP contribution in [0.5, 0.6) is 0 Å². The molecular weight excluding hydrogens is 272 g/mol. The van der Waals surface area contributed by atoms with Crippen molar-refractivity contribution >= 4 is 33.6 Å². The fourth-order valence-corrected chi connectivity index (χ4v) is 5.80. The SMILES string of the molecule is CC1(C)[C@@H]2CC[C@@]1(C)C(=NCCSC1=NCCS1)C2. The molecule has 0 N–H and O–H groups in total. The Balaban J connectivity index is 1.57. The summed E-state index contributed by atoms with van der Waals surface area (Å²) in [7, 11) is 0. The second-order valence-electron chi connectivity index (χ2n) is 6.67. The van der Waals surface area contributed by atoms with E-state index in [1.807, 2.05) is 23.5 Å². The van der Waals surface area contributed by atoms with E-state index in [-0.39, 0.29) is 0 Å². The molecule has 3 rings (SSSR count). The summed E-state index contributed by atoms with van der Waals surface area (Å²) in [6.07, 6.45) is 4.01. The summed E-state index contributed by atoms with van der Waals surface area (Å²) in [6, 6.07) is 0. The molecule has 2 bridgehead atoms. The highest BCUT2D eigenvalue weighted by Crippen LogP contribution is 2.63. The fourth-order valence-electron chi connectivity index (χ4n) is 3.88. The van der Waals surface area contributed by atoms with Crippen molar-refractivity contribution in [3.8, 4) is 0 Å². The smallest absolute Gasteiger partial charge is 0.124 e. The van der Waals surface area contributed by atoms with Crippen molar-refractivity contribution in [3.63, 3.8) is 0 Å². The Bertz CT molecular complexity index is 428. The van der Waals surface area contributed by atoms with E-state index in [0.29, 0.717) is 10.8 Å². The highest BCUT2D eigenvalue weighted by molar-refractivity contribution is 8.39. The molecule has 19 heavy (non-hydrogen) atoms. The summed E-state index contributed by atoms with van der Waals surface area (Å²) in [4.78, 5) is 9.44. The molecule has 0 aromatic heterocycles. The van der Waals surface area contributed by atoms with E-state index in [1.165, 1.54) is 35.1 Å². The number of hydrogen-bond donors (Lipinski definition) is 0. The maximum absolute atomic E-state index is 4.97. The van der Waals surface area contributed by atoms with Gasteiger partial charge >= 0.3 is 0 Å². The minimum absolute atomic E-state index is 0.377. The van der Waals surface area contributed by atoms with E-state index in [9.17, 15) is 0 Å². The normalized spacial score (nSPS) is 38.2. The van der Waals surface area contributed by atoms with Gasteiger partial charge in [0.15, 0.2) is 0 Å². The van der Waals surface area contributed by atoms with Crippen LogP contribution in [0, 0.1) is 16.7 Å². The van der Waals surface area contributed by atoms with Crippen LogP contribution in [-0.4, -0.2) is 34.7 Å². The van der Waals surface area contributed by atoms with Gasteiger partial charge in [0.2, 0.25) is 0 Å². The fraction of sp³-hybridized carbons (Fsp3) is 0.867. The van der Waals surface area contributed by atoms with Crippen LogP contribution < -0.4 is 0 Å². The zero-order valence-corrected chi connectivity index (χ0v) is 13.9. The van der Waals surface area contributed by atoms with Crippen molar-refractivity contribution in [1.82, 2.24) is 0 Å². The molecular formula is C15H24N2S2. The van der Waals surface area contributed by atoms with Crippen molar-refractivity contribution in [2.75, 3.05) is 24.6 Å². The zero-order valence-electron chi connectivity index (χ0n) is 12.2. The molecule has 0 aromatic carbocycles. The molecule has 2 atom stereocenters. The van der Waals surface area contributed by atoms with Crippen molar-refractivity contribution in [1.29, 1.82) is 0 Å². The van der Waals surface area contributed by atoms with Crippen LogP contribution >= 0.6 is 23.5 Å². The Morgan fingerprint density at radius 3 is 2.84 bits per heavy atom. The predicted octanol–water partition coefficient (Wildman–Crippen LogP) is 4.11. The minimum Gasteiger partial charge on any atom is -0.293 e. The molecule has 0 radical (unpaired) electrons. The summed E-state index contributed by atoms with van der Waals surface area (Å²) in [5.74, 6) is 3.14. The Kier molecular flexibility index (Phi) is 3.76. The Morgan fingerprint density at radius 2 is 2.26 bits per heavy atom. The first kappa shape index (κ1) is 14.0. The second kappa shape index (κ2) is 5.10. The lowest BCUT2D eigenvalue weighted by Gasteiger charge is -2.34. The van der Waals surface area contributed by atoms with Gasteiger partial charge in [0.1, 0.15) is 4.38 Å². The number of thioether (sulfide) groups is 2. The van der Waals surface area contributed by atoms with E-state index in [2.05, 4.69) is 25.8 Å². The predicted molar refractivity (Wildman–Crippen MR) is 88.7 cm³/mol. The van der Waals surface area contributed by atoms with Gasteiger partial charge in [-0.25, -0.2) is 0 Å². The van der Waals surface area contributed by atoms with Gasteiger partial charge in [-0.3, -0.25) is 9.98 Å². The molecule has 106 valence electrons. The van der Waals surface area contributed by atoms with Gasteiger partial charge in [0, 0.05) is 29.2 Å². The lowest BCUT2D eigenvalue weighted by molar-refractivity contribution is 0.194. The number of fused-ring (bicyclic) bond motifs is 2. The monoisotopic (exact) mass is 296 g/mol. The van der Waals surface area contributed by atoms with E-state index < -0.39 is 0 Å². The zero-order chi connectivity index (χ0) is 13.5. The van der Waals surface area contributed by atoms with Crippen LogP contribution in [0.15, 0.2) is 9.98 Å². The average Bonchev–Trinajstić information content (AvgIpc) is 3.00. The maximum Gasteiger partial charge on any atom is 0.124 e. The van der Waals surface area contributed by atoms with E-state index >= 15 is 0 Å². The minimum atomic E-state index is 0.377. The Morgan fingerprint density at radius 1 is 1.42 bits per heavy atom. The molecule has 4 heteroatoms. The summed E-state index contributed by atoms with van der Waals surface area (Å²) in [5, 5.41) is 0. The number of rotatable bonds is 3. The van der Waals surface area contributed by atoms with Gasteiger partial charge in [-0.2, -0.15) is 0 Å². The quantitative estimate of drug-likeness (QED) is 0.732. The van der Waals surface area contributed by atoms with E-state index in [4.69, 9.17) is 4.99 Å². The second-order valence-corrected chi connectivity index (χ2v) is 9.09. The summed E-state index contributed by atoms with van der Waals surface area (Å²) in [6.45, 7) is 9.33. The maximum atomic E-state index is 4.97. The topological polar surface area (TPSA) is 24.7 Å². The summed E-state index contributed by atoms with van der Waals surface area (Å²) >= 11 is 3.79. The number of nitrogens with zero attached hydrogens (tertiary/aromatic N) is 2. The van der Waals surface area contributed by atoms with Crippen molar-refractivity contribution < 1.29 is 0 Å². The van der Waals surface area contributed by atoms with Gasteiger partial charge in [-0.05, 0) is 30.6 Å². The first-order valence-corrected chi connectivity index (χ1v) is 9.35. The third-order valence-electron chi connectivity index (χ3n) is 5.69. The number of aliphatic imine (C=N–C) groups is 2. The van der Waals surface area contributed by atoms with Crippen LogP contribution in [0.2, 0.25) is 0 Å². The van der Waals surface area contributed by atoms with Gasteiger partial charge in [-0.15, -0.1) is 0 Å². The molecule has 0 aromatic rings. The molecule has 3 aliphatic rings. The Labute approximate surface area is 125 Å². The average molecular weight is 297 g/mol. The van der Waals surface area contributed by atoms with Crippen molar-refractivity contribution in [3.05, 3.63) is 0 Å². The highest BCUT2D eigenvalue weighted by Gasteiger charge is 2.59. The molecule has 1 aliphatic heterocycles. The molecule has 1 heterocycles. The van der Waals surface area contributed by atoms with Crippen LogP contribution in [0.4, 0.5) is 0 Å². The van der Waals surface area contributed by atoms with Crippen LogP contribution in [0.25, 0.3) is 0 Å². The van der Waals surface area contributed by atoms with Crippen LogP contribution in [0.1, 0.15) is 40.0 Å². The number of hydrogen-bond acceptors (Lipinski definition) is 4. The highest BCUT2D eigenvalue weighted by atomic mass is 32.2. The van der Waals surface area contributed by atoms with Gasteiger partial charge in [0.05, 0.1) is 6.54 Å². The lowest BCUT2D eigenvalue weighted by atomic mass is 9.70. The van der Waals surface area contributed by atoms with E-state index in [1.54, 1.807) is 0 Å². The standard InChI is InChI=1S/C15H24N2S2/c1-14(2)11-4-5-15(14,3)12(10-11)16-6-8-18-13-17-7-9-19-13/h11H,4-10H2,1-3H3/t11-,15+/m1/s1. The first-order chi connectivity index (χ1) is 9.04. The van der Waals surface area contributed by atoms with Crippen molar-refractivity contribution in [2.45, 2.75) is 40.0 Å². The lowest BCUT2D eigenvalue weighted by Crippen LogP contribution is -2.32. The van der Waals surface area contributed by atoms with Gasteiger partial charge < -0.3 is 0 Å².